The van der Waals surface area contributed by atoms with Crippen LogP contribution in [0.5, 0.6) is 0 Å². The number of aromatic nitrogens is 6. The lowest BCUT2D eigenvalue weighted by atomic mass is 10.2. The van der Waals surface area contributed by atoms with E-state index in [1.54, 1.807) is 15.0 Å². The summed E-state index contributed by atoms with van der Waals surface area (Å²) >= 11 is 1.45. The quantitative estimate of drug-likeness (QED) is 0.271. The Bertz CT molecular complexity index is 1600. The zero-order valence-electron chi connectivity index (χ0n) is 18.6. The standard InChI is InChI=1S/C24H24N6O2S/c1-3-4-7-13-28-22(32)18-10-5-6-11-19(18)30-23(28)26-27-24(30)33-15-17-14-21(31)29-16(2)9-8-12-20(29)25-17/h5-6,8-12,14H,3-4,7,13,15H2,1-2H3. The molecule has 33 heavy (non-hydrogen) atoms. The highest BCUT2D eigenvalue weighted by Crippen LogP contribution is 2.24. The van der Waals surface area contributed by atoms with E-state index in [1.165, 1.54) is 11.8 Å². The normalized spacial score (nSPS) is 11.7. The maximum Gasteiger partial charge on any atom is 0.262 e. The molecule has 1 aromatic carbocycles. The van der Waals surface area contributed by atoms with Gasteiger partial charge >= 0.3 is 0 Å². The van der Waals surface area contributed by atoms with Crippen LogP contribution in [0.25, 0.3) is 22.3 Å². The number of fused-ring (bicyclic) bond motifs is 4. The van der Waals surface area contributed by atoms with Crippen LogP contribution in [0.4, 0.5) is 0 Å². The highest BCUT2D eigenvalue weighted by atomic mass is 32.2. The average Bonchev–Trinajstić information content (AvgIpc) is 3.24. The first-order chi connectivity index (χ1) is 16.1. The van der Waals surface area contributed by atoms with Crippen LogP contribution in [0.3, 0.4) is 0 Å². The molecule has 0 saturated heterocycles. The van der Waals surface area contributed by atoms with Gasteiger partial charge in [-0.3, -0.25) is 23.0 Å². The highest BCUT2D eigenvalue weighted by molar-refractivity contribution is 7.98. The predicted octanol–water partition coefficient (Wildman–Crippen LogP) is 3.84. The number of hydrogen-bond acceptors (Lipinski definition) is 6. The van der Waals surface area contributed by atoms with E-state index in [-0.39, 0.29) is 11.1 Å². The molecule has 0 radical (unpaired) electrons. The van der Waals surface area contributed by atoms with Crippen LogP contribution in [0.15, 0.2) is 63.3 Å². The van der Waals surface area contributed by atoms with E-state index in [1.807, 2.05) is 53.8 Å². The summed E-state index contributed by atoms with van der Waals surface area (Å²) in [5.41, 5.74) is 2.78. The minimum atomic E-state index is -0.102. The molecule has 0 amide bonds. The van der Waals surface area contributed by atoms with Crippen molar-refractivity contribution in [2.75, 3.05) is 0 Å². The van der Waals surface area contributed by atoms with E-state index in [2.05, 4.69) is 22.1 Å². The van der Waals surface area contributed by atoms with E-state index in [4.69, 9.17) is 0 Å². The Morgan fingerprint density at radius 3 is 2.67 bits per heavy atom. The van der Waals surface area contributed by atoms with E-state index >= 15 is 0 Å². The Labute approximate surface area is 193 Å². The van der Waals surface area contributed by atoms with Gasteiger partial charge in [0.1, 0.15) is 5.65 Å². The summed E-state index contributed by atoms with van der Waals surface area (Å²) in [5, 5.41) is 10.1. The summed E-state index contributed by atoms with van der Waals surface area (Å²) < 4.78 is 5.26. The first-order valence-corrected chi connectivity index (χ1v) is 12.0. The number of pyridine rings is 1. The fraction of sp³-hybridized carbons (Fsp3) is 0.292. The van der Waals surface area contributed by atoms with Crippen LogP contribution in [-0.2, 0) is 12.3 Å². The van der Waals surface area contributed by atoms with Crippen molar-refractivity contribution in [3.05, 3.63) is 80.6 Å². The van der Waals surface area contributed by atoms with E-state index < -0.39 is 0 Å². The molecule has 4 aromatic heterocycles. The second kappa shape index (κ2) is 8.82. The van der Waals surface area contributed by atoms with Gasteiger partial charge in [-0.05, 0) is 37.6 Å². The van der Waals surface area contributed by atoms with Gasteiger partial charge < -0.3 is 0 Å². The van der Waals surface area contributed by atoms with Crippen molar-refractivity contribution in [3.63, 3.8) is 0 Å². The van der Waals surface area contributed by atoms with Gasteiger partial charge in [-0.2, -0.15) is 0 Å². The summed E-state index contributed by atoms with van der Waals surface area (Å²) in [4.78, 5) is 30.4. The lowest BCUT2D eigenvalue weighted by Gasteiger charge is -2.11. The van der Waals surface area contributed by atoms with Crippen LogP contribution in [0, 0.1) is 6.92 Å². The Morgan fingerprint density at radius 2 is 1.82 bits per heavy atom. The summed E-state index contributed by atoms with van der Waals surface area (Å²) in [5.74, 6) is 1.00. The molecular weight excluding hydrogens is 436 g/mol. The molecule has 9 heteroatoms. The molecule has 0 aliphatic carbocycles. The van der Waals surface area contributed by atoms with E-state index in [0.717, 1.165) is 30.5 Å². The van der Waals surface area contributed by atoms with Crippen molar-refractivity contribution in [3.8, 4) is 0 Å². The molecule has 5 rings (SSSR count). The maximum atomic E-state index is 13.1. The van der Waals surface area contributed by atoms with E-state index in [0.29, 0.717) is 40.0 Å². The van der Waals surface area contributed by atoms with Gasteiger partial charge in [0.15, 0.2) is 5.16 Å². The topological polar surface area (TPSA) is 86.6 Å². The van der Waals surface area contributed by atoms with Crippen molar-refractivity contribution in [2.45, 2.75) is 50.6 Å². The molecule has 0 bridgehead atoms. The van der Waals surface area contributed by atoms with E-state index in [9.17, 15) is 9.59 Å². The number of rotatable bonds is 7. The third-order valence-corrected chi connectivity index (χ3v) is 6.71. The van der Waals surface area contributed by atoms with Gasteiger partial charge in [-0.15, -0.1) is 10.2 Å². The van der Waals surface area contributed by atoms with Crippen LogP contribution in [-0.4, -0.2) is 28.5 Å². The lowest BCUT2D eigenvalue weighted by Crippen LogP contribution is -2.23. The summed E-state index contributed by atoms with van der Waals surface area (Å²) in [6.07, 6.45) is 3.03. The van der Waals surface area contributed by atoms with Crippen molar-refractivity contribution >= 4 is 34.1 Å². The lowest BCUT2D eigenvalue weighted by molar-refractivity contribution is 0.594. The maximum absolute atomic E-state index is 13.1. The molecule has 0 fully saturated rings. The summed E-state index contributed by atoms with van der Waals surface area (Å²) in [6, 6.07) is 14.7. The third kappa shape index (κ3) is 3.82. The summed E-state index contributed by atoms with van der Waals surface area (Å²) in [7, 11) is 0. The molecule has 0 N–H and O–H groups in total. The van der Waals surface area contributed by atoms with Gasteiger partial charge in [-0.1, -0.05) is 49.7 Å². The Kier molecular flexibility index (Phi) is 5.72. The molecule has 0 aliphatic heterocycles. The molecule has 0 atom stereocenters. The monoisotopic (exact) mass is 460 g/mol. The Hall–Kier alpha value is -3.46. The van der Waals surface area contributed by atoms with Gasteiger partial charge in [0.2, 0.25) is 5.78 Å². The first-order valence-electron chi connectivity index (χ1n) is 11.1. The van der Waals surface area contributed by atoms with Crippen molar-refractivity contribution in [1.82, 2.24) is 28.5 Å². The second-order valence-electron chi connectivity index (χ2n) is 8.03. The molecule has 0 unspecified atom stereocenters. The molecule has 0 saturated carbocycles. The number of nitrogens with zero attached hydrogens (tertiary/aromatic N) is 6. The number of hydrogen-bond donors (Lipinski definition) is 0. The molecule has 4 heterocycles. The highest BCUT2D eigenvalue weighted by Gasteiger charge is 2.17. The van der Waals surface area contributed by atoms with Crippen LogP contribution < -0.4 is 11.1 Å². The Balaban J connectivity index is 1.56. The number of para-hydroxylation sites is 1. The summed E-state index contributed by atoms with van der Waals surface area (Å²) in [6.45, 7) is 4.63. The fourth-order valence-electron chi connectivity index (χ4n) is 4.12. The number of benzene rings is 1. The SMILES string of the molecule is CCCCCn1c(=O)c2ccccc2n2c(SCc3cc(=O)n4c(C)cccc4n3)nnc12. The average molecular weight is 461 g/mol. The largest absolute Gasteiger partial charge is 0.276 e. The molecule has 0 aliphatic rings. The van der Waals surface area contributed by atoms with Gasteiger partial charge in [-0.25, -0.2) is 4.98 Å². The van der Waals surface area contributed by atoms with Crippen LogP contribution in [0.1, 0.15) is 37.6 Å². The molecule has 168 valence electrons. The number of aryl methyl sites for hydroxylation is 2. The second-order valence-corrected chi connectivity index (χ2v) is 8.98. The van der Waals surface area contributed by atoms with Crippen molar-refractivity contribution in [1.29, 1.82) is 0 Å². The van der Waals surface area contributed by atoms with Gasteiger partial charge in [0.25, 0.3) is 11.1 Å². The minimum Gasteiger partial charge on any atom is -0.276 e. The first kappa shape index (κ1) is 21.4. The van der Waals surface area contributed by atoms with Gasteiger partial charge in [0, 0.05) is 24.1 Å². The molecule has 5 aromatic rings. The third-order valence-electron chi connectivity index (χ3n) is 5.75. The smallest absolute Gasteiger partial charge is 0.262 e. The Morgan fingerprint density at radius 1 is 0.970 bits per heavy atom. The number of unbranched alkanes of at least 4 members (excludes halogenated alkanes) is 2. The van der Waals surface area contributed by atoms with Crippen molar-refractivity contribution < 1.29 is 0 Å². The minimum absolute atomic E-state index is 0.0438. The van der Waals surface area contributed by atoms with Gasteiger partial charge in [0.05, 0.1) is 16.6 Å². The molecular formula is C24H24N6O2S. The number of thioether (sulfide) groups is 1. The van der Waals surface area contributed by atoms with Crippen molar-refractivity contribution in [2.24, 2.45) is 0 Å². The zero-order chi connectivity index (χ0) is 22.9. The van der Waals surface area contributed by atoms with Crippen LogP contribution in [0.2, 0.25) is 0 Å². The predicted molar refractivity (Wildman–Crippen MR) is 130 cm³/mol. The molecule has 0 spiro atoms. The zero-order valence-corrected chi connectivity index (χ0v) is 19.4. The van der Waals surface area contributed by atoms with Crippen LogP contribution >= 0.6 is 11.8 Å². The fourth-order valence-corrected chi connectivity index (χ4v) is 4.96. The molecule has 8 nitrogen and oxygen atoms in total.